The standard InChI is InChI=1S/C22H25NO3.ClH/c1-25-21-11-16-8-9-23-14-17(10-15-6-4-3-5-7-15)20(24)13-19(23)18(16)12-22(21)26-2;/h3-7,11-12,17,19H,8-10,13-14H2,1-2H3;1H. The lowest BCUT2D eigenvalue weighted by Gasteiger charge is -2.43. The van der Waals surface area contributed by atoms with E-state index < -0.39 is 0 Å². The lowest BCUT2D eigenvalue weighted by molar-refractivity contribution is -0.128. The first-order valence-corrected chi connectivity index (χ1v) is 9.25. The predicted molar refractivity (Wildman–Crippen MR) is 108 cm³/mol. The highest BCUT2D eigenvalue weighted by Crippen LogP contribution is 2.42. The van der Waals surface area contributed by atoms with Crippen LogP contribution in [0.25, 0.3) is 0 Å². The third-order valence-corrected chi connectivity index (χ3v) is 5.74. The molecule has 2 atom stereocenters. The van der Waals surface area contributed by atoms with Gasteiger partial charge in [0.25, 0.3) is 0 Å². The predicted octanol–water partition coefficient (Wildman–Crippen LogP) is 3.86. The van der Waals surface area contributed by atoms with E-state index in [1.165, 1.54) is 16.7 Å². The van der Waals surface area contributed by atoms with Crippen molar-refractivity contribution in [2.45, 2.75) is 25.3 Å². The Hall–Kier alpha value is -2.04. The molecule has 27 heavy (non-hydrogen) atoms. The number of carbonyl (C=O) groups is 1. The van der Waals surface area contributed by atoms with Crippen LogP contribution in [0, 0.1) is 5.92 Å². The number of fused-ring (bicyclic) bond motifs is 3. The van der Waals surface area contributed by atoms with Crippen LogP contribution in [0.5, 0.6) is 11.5 Å². The molecular weight excluding hydrogens is 362 g/mol. The summed E-state index contributed by atoms with van der Waals surface area (Å²) in [5, 5.41) is 0. The van der Waals surface area contributed by atoms with Crippen LogP contribution in [-0.2, 0) is 17.6 Å². The van der Waals surface area contributed by atoms with Gasteiger partial charge >= 0.3 is 0 Å². The molecule has 0 amide bonds. The first-order chi connectivity index (χ1) is 12.7. The fourth-order valence-electron chi connectivity index (χ4n) is 4.36. The summed E-state index contributed by atoms with van der Waals surface area (Å²) in [6, 6.07) is 14.6. The molecule has 1 saturated heterocycles. The zero-order valence-corrected chi connectivity index (χ0v) is 16.6. The summed E-state index contributed by atoms with van der Waals surface area (Å²) in [5.41, 5.74) is 3.74. The van der Waals surface area contributed by atoms with Crippen molar-refractivity contribution < 1.29 is 14.3 Å². The molecule has 0 aromatic heterocycles. The van der Waals surface area contributed by atoms with Crippen LogP contribution in [0.2, 0.25) is 0 Å². The molecular formula is C22H26ClNO3. The maximum Gasteiger partial charge on any atom is 0.161 e. The molecule has 2 aromatic carbocycles. The third-order valence-electron chi connectivity index (χ3n) is 5.74. The Bertz CT molecular complexity index is 809. The van der Waals surface area contributed by atoms with E-state index in [0.29, 0.717) is 12.2 Å². The minimum Gasteiger partial charge on any atom is -0.493 e. The second-order valence-electron chi connectivity index (χ2n) is 7.22. The zero-order valence-electron chi connectivity index (χ0n) is 15.8. The number of nitrogens with zero attached hydrogens (tertiary/aromatic N) is 1. The van der Waals surface area contributed by atoms with Crippen LogP contribution in [0.15, 0.2) is 42.5 Å². The topological polar surface area (TPSA) is 38.8 Å². The number of ether oxygens (including phenoxy) is 2. The van der Waals surface area contributed by atoms with Gasteiger partial charge in [-0.3, -0.25) is 9.69 Å². The quantitative estimate of drug-likeness (QED) is 0.798. The van der Waals surface area contributed by atoms with E-state index in [0.717, 1.165) is 37.4 Å². The van der Waals surface area contributed by atoms with Gasteiger partial charge in [0.2, 0.25) is 0 Å². The molecule has 2 heterocycles. The van der Waals surface area contributed by atoms with Crippen molar-refractivity contribution in [2.75, 3.05) is 27.3 Å². The monoisotopic (exact) mass is 387 g/mol. The molecule has 4 nitrogen and oxygen atoms in total. The van der Waals surface area contributed by atoms with Gasteiger partial charge in [0.1, 0.15) is 5.78 Å². The number of hydrogen-bond donors (Lipinski definition) is 0. The highest BCUT2D eigenvalue weighted by Gasteiger charge is 2.38. The van der Waals surface area contributed by atoms with Gasteiger partial charge in [-0.05, 0) is 41.7 Å². The third kappa shape index (κ3) is 3.83. The molecule has 1 fully saturated rings. The molecule has 0 radical (unpaired) electrons. The normalized spacial score (nSPS) is 21.6. The largest absolute Gasteiger partial charge is 0.493 e. The molecule has 4 rings (SSSR count). The van der Waals surface area contributed by atoms with Crippen molar-refractivity contribution in [1.82, 2.24) is 4.90 Å². The molecule has 144 valence electrons. The number of benzene rings is 2. The minimum atomic E-state index is 0. The van der Waals surface area contributed by atoms with Crippen molar-refractivity contribution in [3.63, 3.8) is 0 Å². The fourth-order valence-corrected chi connectivity index (χ4v) is 4.36. The van der Waals surface area contributed by atoms with Gasteiger partial charge in [0.15, 0.2) is 11.5 Å². The first kappa shape index (κ1) is 19.7. The summed E-state index contributed by atoms with van der Waals surface area (Å²) in [6.07, 6.45) is 2.40. The fraction of sp³-hybridized carbons (Fsp3) is 0.409. The van der Waals surface area contributed by atoms with Crippen molar-refractivity contribution in [3.05, 3.63) is 59.2 Å². The summed E-state index contributed by atoms with van der Waals surface area (Å²) in [5.74, 6) is 1.98. The average Bonchev–Trinajstić information content (AvgIpc) is 2.68. The van der Waals surface area contributed by atoms with Gasteiger partial charge in [0, 0.05) is 31.5 Å². The van der Waals surface area contributed by atoms with Crippen molar-refractivity contribution in [1.29, 1.82) is 0 Å². The van der Waals surface area contributed by atoms with E-state index in [9.17, 15) is 4.79 Å². The lowest BCUT2D eigenvalue weighted by Crippen LogP contribution is -2.46. The van der Waals surface area contributed by atoms with Crippen molar-refractivity contribution in [3.8, 4) is 11.5 Å². The van der Waals surface area contributed by atoms with E-state index in [-0.39, 0.29) is 24.4 Å². The van der Waals surface area contributed by atoms with Crippen LogP contribution < -0.4 is 9.47 Å². The van der Waals surface area contributed by atoms with Crippen molar-refractivity contribution in [2.24, 2.45) is 5.92 Å². The van der Waals surface area contributed by atoms with Crippen LogP contribution in [0.1, 0.15) is 29.2 Å². The lowest BCUT2D eigenvalue weighted by atomic mass is 9.80. The Labute approximate surface area is 166 Å². The molecule has 2 aliphatic heterocycles. The van der Waals surface area contributed by atoms with Gasteiger partial charge in [0.05, 0.1) is 14.2 Å². The number of piperidine rings is 1. The Morgan fingerprint density at radius 1 is 1.07 bits per heavy atom. The highest BCUT2D eigenvalue weighted by molar-refractivity contribution is 5.85. The first-order valence-electron chi connectivity index (χ1n) is 9.25. The Morgan fingerprint density at radius 3 is 2.48 bits per heavy atom. The summed E-state index contributed by atoms with van der Waals surface area (Å²) in [6.45, 7) is 1.83. The minimum absolute atomic E-state index is 0. The second-order valence-corrected chi connectivity index (χ2v) is 7.22. The Kier molecular flexibility index (Phi) is 6.08. The zero-order chi connectivity index (χ0) is 18.1. The SMILES string of the molecule is COc1cc2c(cc1OC)C1CC(=O)C(Cc3ccccc3)CN1CC2.Cl. The maximum absolute atomic E-state index is 12.9. The Morgan fingerprint density at radius 2 is 1.78 bits per heavy atom. The number of rotatable bonds is 4. The summed E-state index contributed by atoms with van der Waals surface area (Å²) in [4.78, 5) is 15.3. The second kappa shape index (κ2) is 8.32. The molecule has 0 spiro atoms. The van der Waals surface area contributed by atoms with Crippen LogP contribution >= 0.6 is 12.4 Å². The van der Waals surface area contributed by atoms with Gasteiger partial charge in [-0.1, -0.05) is 30.3 Å². The Balaban J connectivity index is 0.00000210. The molecule has 0 saturated carbocycles. The van der Waals surface area contributed by atoms with Gasteiger partial charge in [-0.25, -0.2) is 0 Å². The van der Waals surface area contributed by atoms with E-state index in [2.05, 4.69) is 29.2 Å². The van der Waals surface area contributed by atoms with Gasteiger partial charge < -0.3 is 9.47 Å². The molecule has 0 bridgehead atoms. The molecule has 2 unspecified atom stereocenters. The number of Topliss-reactive ketones (excluding diaryl/α,β-unsaturated/α-hetero) is 1. The summed E-state index contributed by atoms with van der Waals surface area (Å²) < 4.78 is 10.9. The van der Waals surface area contributed by atoms with Crippen molar-refractivity contribution >= 4 is 18.2 Å². The molecule has 0 N–H and O–H groups in total. The number of ketones is 1. The molecule has 0 aliphatic carbocycles. The van der Waals surface area contributed by atoms with Gasteiger partial charge in [-0.2, -0.15) is 0 Å². The number of halogens is 1. The average molecular weight is 388 g/mol. The summed E-state index contributed by atoms with van der Waals surface area (Å²) in [7, 11) is 3.32. The van der Waals surface area contributed by atoms with E-state index >= 15 is 0 Å². The highest BCUT2D eigenvalue weighted by atomic mass is 35.5. The number of methoxy groups -OCH3 is 2. The van der Waals surface area contributed by atoms with E-state index in [1.807, 2.05) is 18.2 Å². The van der Waals surface area contributed by atoms with E-state index in [4.69, 9.17) is 9.47 Å². The van der Waals surface area contributed by atoms with Gasteiger partial charge in [-0.15, -0.1) is 12.4 Å². The van der Waals surface area contributed by atoms with E-state index in [1.54, 1.807) is 14.2 Å². The summed E-state index contributed by atoms with van der Waals surface area (Å²) >= 11 is 0. The molecule has 5 heteroatoms. The maximum atomic E-state index is 12.9. The van der Waals surface area contributed by atoms with Crippen LogP contribution in [0.4, 0.5) is 0 Å². The van der Waals surface area contributed by atoms with Crippen LogP contribution in [-0.4, -0.2) is 38.0 Å². The molecule has 2 aliphatic rings. The number of carbonyl (C=O) groups excluding carboxylic acids is 1. The number of hydrogen-bond acceptors (Lipinski definition) is 4. The molecule has 2 aromatic rings. The van der Waals surface area contributed by atoms with Crippen LogP contribution in [0.3, 0.4) is 0 Å². The smallest absolute Gasteiger partial charge is 0.161 e.